The Hall–Kier alpha value is -3.27. The lowest BCUT2D eigenvalue weighted by molar-refractivity contribution is 0.647. The fraction of sp³-hybridized carbons (Fsp3) is 0.304. The largest absolute Gasteiger partial charge is 0.413 e. The smallest absolute Gasteiger partial charge is 0.249 e. The highest BCUT2D eigenvalue weighted by molar-refractivity contribution is 7.93. The minimum atomic E-state index is -2.74. The predicted molar refractivity (Wildman–Crippen MR) is 231 cm³/mol. The van der Waals surface area contributed by atoms with E-state index in [1.165, 1.54) is 111 Å². The number of hydrogen-bond donors (Lipinski definition) is 0. The molecule has 0 radical (unpaired) electrons. The van der Waals surface area contributed by atoms with Gasteiger partial charge in [0, 0.05) is 14.6 Å². The van der Waals surface area contributed by atoms with Crippen molar-refractivity contribution in [2.45, 2.75) is 93.9 Å². The summed E-state index contributed by atoms with van der Waals surface area (Å²) in [6.07, 6.45) is 5.00. The normalized spacial score (nSPS) is 14.6. The Kier molecular flexibility index (Phi) is 10.4. The van der Waals surface area contributed by atoms with Crippen molar-refractivity contribution < 1.29 is 4.44 Å². The monoisotopic (exact) mass is 726 g/mol. The summed E-state index contributed by atoms with van der Waals surface area (Å²) in [6.45, 7) is 18.4. The maximum atomic E-state index is 8.81. The van der Waals surface area contributed by atoms with Crippen molar-refractivity contribution in [2.75, 3.05) is 0 Å². The molecule has 0 bridgehead atoms. The van der Waals surface area contributed by atoms with Crippen LogP contribution in [0.25, 0.3) is 9.75 Å². The van der Waals surface area contributed by atoms with E-state index in [1.54, 1.807) is 0 Å². The standard InChI is InChI=1S/C46H52BOPS2/c1-9-11-23-39-29-41-45(50-39)46-42(30-40(51-46)24-12-10-2)49(37-19-15-13-16-20-37,38-21-17-14-18-22-38)48-47(41,43-33(5)25-31(3)26-34(43)6)44-35(7)27-32(4)28-36(44)8/h13-22,25-30H,9-12,23-24H2,1-8H3. The van der Waals surface area contributed by atoms with Crippen molar-refractivity contribution >= 4 is 68.8 Å². The average Bonchev–Trinajstić information content (AvgIpc) is 3.71. The Bertz CT molecular complexity index is 2040. The van der Waals surface area contributed by atoms with E-state index in [0.29, 0.717) is 0 Å². The van der Waals surface area contributed by atoms with Crippen LogP contribution in [0.3, 0.4) is 0 Å². The Labute approximate surface area is 315 Å². The van der Waals surface area contributed by atoms with E-state index in [1.807, 2.05) is 22.7 Å². The molecule has 2 aromatic heterocycles. The third-order valence-corrected chi connectivity index (χ3v) is 17.4. The summed E-state index contributed by atoms with van der Waals surface area (Å²) in [4.78, 5) is 5.80. The average molecular weight is 727 g/mol. The Balaban J connectivity index is 1.74. The lowest BCUT2D eigenvalue weighted by atomic mass is 9.26. The van der Waals surface area contributed by atoms with Gasteiger partial charge in [0.1, 0.15) is 15.9 Å². The first-order valence-corrected chi connectivity index (χ1v) is 22.3. The van der Waals surface area contributed by atoms with E-state index in [9.17, 15) is 0 Å². The van der Waals surface area contributed by atoms with E-state index >= 15 is 0 Å². The van der Waals surface area contributed by atoms with Crippen molar-refractivity contribution in [3.63, 3.8) is 0 Å². The fourth-order valence-corrected chi connectivity index (χ4v) is 16.3. The molecule has 1 aliphatic heterocycles. The first-order valence-electron chi connectivity index (χ1n) is 18.9. The molecular weight excluding hydrogens is 674 g/mol. The molecule has 0 atom stereocenters. The van der Waals surface area contributed by atoms with Crippen LogP contribution < -0.4 is 32.3 Å². The highest BCUT2D eigenvalue weighted by atomic mass is 32.1. The third kappa shape index (κ3) is 6.21. The maximum Gasteiger partial charge on any atom is 0.249 e. The summed E-state index contributed by atoms with van der Waals surface area (Å²) >= 11 is 4.09. The molecule has 0 amide bonds. The van der Waals surface area contributed by atoms with Gasteiger partial charge in [0.05, 0.1) is 4.88 Å². The van der Waals surface area contributed by atoms with Crippen LogP contribution in [0.15, 0.2) is 97.1 Å². The van der Waals surface area contributed by atoms with Crippen molar-refractivity contribution in [2.24, 2.45) is 0 Å². The second-order valence-corrected chi connectivity index (χ2v) is 20.1. The van der Waals surface area contributed by atoms with Crippen molar-refractivity contribution in [1.82, 2.24) is 0 Å². The highest BCUT2D eigenvalue weighted by Crippen LogP contribution is 2.63. The van der Waals surface area contributed by atoms with E-state index < -0.39 is 13.8 Å². The topological polar surface area (TPSA) is 9.23 Å². The molecule has 51 heavy (non-hydrogen) atoms. The molecular formula is C46H52BOPS2. The molecule has 1 aliphatic rings. The van der Waals surface area contributed by atoms with Crippen LogP contribution in [0.5, 0.6) is 0 Å². The summed E-state index contributed by atoms with van der Waals surface area (Å²) < 4.78 is 8.81. The van der Waals surface area contributed by atoms with Crippen molar-refractivity contribution in [3.05, 3.63) is 140 Å². The number of unbranched alkanes of at least 4 members (excludes halogenated alkanes) is 2. The van der Waals surface area contributed by atoms with Crippen LogP contribution in [0.1, 0.15) is 82.7 Å². The van der Waals surface area contributed by atoms with E-state index in [2.05, 4.69) is 152 Å². The van der Waals surface area contributed by atoms with E-state index in [4.69, 9.17) is 4.44 Å². The first-order chi connectivity index (χ1) is 24.6. The first kappa shape index (κ1) is 36.1. The second-order valence-electron chi connectivity index (χ2n) is 14.9. The molecule has 4 aromatic carbocycles. The van der Waals surface area contributed by atoms with Crippen molar-refractivity contribution in [1.29, 1.82) is 0 Å². The van der Waals surface area contributed by atoms with Gasteiger partial charge in [-0.05, 0) is 97.6 Å². The Morgan fingerprint density at radius 2 is 0.980 bits per heavy atom. The number of aryl methyl sites for hydroxylation is 8. The molecule has 0 saturated heterocycles. The van der Waals surface area contributed by atoms with E-state index in [-0.39, 0.29) is 0 Å². The summed E-state index contributed by atoms with van der Waals surface area (Å²) in [5.41, 5.74) is 11.9. The summed E-state index contributed by atoms with van der Waals surface area (Å²) in [5.74, 6) is 0. The zero-order valence-electron chi connectivity index (χ0n) is 31.7. The van der Waals surface area contributed by atoms with Crippen LogP contribution in [0, 0.1) is 41.5 Å². The number of rotatable bonds is 10. The van der Waals surface area contributed by atoms with Gasteiger partial charge < -0.3 is 4.44 Å². The molecule has 0 aliphatic carbocycles. The highest BCUT2D eigenvalue weighted by Gasteiger charge is 2.57. The summed E-state index contributed by atoms with van der Waals surface area (Å²) in [7, 11) is -2.74. The number of fused-ring (bicyclic) bond motifs is 3. The molecule has 262 valence electrons. The molecule has 6 aromatic rings. The Morgan fingerprint density at radius 1 is 0.549 bits per heavy atom. The summed E-state index contributed by atoms with van der Waals surface area (Å²) in [5, 5.41) is 3.97. The minimum absolute atomic E-state index is 1.10. The lowest BCUT2D eigenvalue weighted by Crippen LogP contribution is -2.72. The number of benzene rings is 4. The zero-order valence-corrected chi connectivity index (χ0v) is 34.3. The molecule has 5 heteroatoms. The van der Waals surface area contributed by atoms with Crippen molar-refractivity contribution in [3.8, 4) is 9.75 Å². The zero-order chi connectivity index (χ0) is 35.9. The van der Waals surface area contributed by atoms with Gasteiger partial charge in [-0.2, -0.15) is 10.9 Å². The van der Waals surface area contributed by atoms with Crippen LogP contribution in [-0.2, 0) is 17.3 Å². The van der Waals surface area contributed by atoms with Gasteiger partial charge in [-0.1, -0.05) is 127 Å². The van der Waals surface area contributed by atoms with Gasteiger partial charge in [0.15, 0.2) is 7.49 Å². The maximum absolute atomic E-state index is 8.81. The molecule has 0 unspecified atom stereocenters. The number of thiophene rings is 2. The van der Waals surface area contributed by atoms with Gasteiger partial charge in [-0.25, -0.2) is 0 Å². The lowest BCUT2D eigenvalue weighted by Gasteiger charge is -2.48. The molecule has 1 nitrogen and oxygen atoms in total. The van der Waals surface area contributed by atoms with Gasteiger partial charge >= 0.3 is 0 Å². The van der Waals surface area contributed by atoms with Gasteiger partial charge in [-0.15, -0.1) is 28.1 Å². The second kappa shape index (κ2) is 14.6. The molecule has 0 fully saturated rings. The minimum Gasteiger partial charge on any atom is -0.413 e. The van der Waals surface area contributed by atoms with Crippen LogP contribution in [-0.4, -0.2) is 6.35 Å². The van der Waals surface area contributed by atoms with E-state index in [0.717, 1.165) is 12.8 Å². The van der Waals surface area contributed by atoms with Crippen LogP contribution in [0.4, 0.5) is 0 Å². The molecule has 0 N–H and O–H groups in total. The molecule has 0 spiro atoms. The third-order valence-electron chi connectivity index (χ3n) is 11.0. The van der Waals surface area contributed by atoms with Gasteiger partial charge in [0.25, 0.3) is 0 Å². The van der Waals surface area contributed by atoms with Gasteiger partial charge in [-0.3, -0.25) is 0 Å². The SMILES string of the molecule is CCCCc1cc2c(s1)-c1sc(CCCC)cc1[P+](c1ccccc1)(c1ccccc1)O[B-]2(c1c(C)cc(C)cc1C)c1c(C)cc(C)cc1C. The van der Waals surface area contributed by atoms with Gasteiger partial charge in [0.2, 0.25) is 6.35 Å². The molecule has 3 heterocycles. The van der Waals surface area contributed by atoms with Crippen LogP contribution in [0.2, 0.25) is 0 Å². The predicted octanol–water partition coefficient (Wildman–Crippen LogP) is 10.2. The van der Waals surface area contributed by atoms with Crippen LogP contribution >= 0.6 is 30.2 Å². The number of hydrogen-bond acceptors (Lipinski definition) is 3. The fourth-order valence-electron chi connectivity index (χ4n) is 9.11. The quantitative estimate of drug-likeness (QED) is 0.101. The molecule has 0 saturated carbocycles. The Morgan fingerprint density at radius 3 is 1.43 bits per heavy atom. The molecule has 7 rings (SSSR count). The summed E-state index contributed by atoms with van der Waals surface area (Å²) in [6, 6.07) is 37.3.